The van der Waals surface area contributed by atoms with Crippen molar-refractivity contribution >= 4 is 21.6 Å². The van der Waals surface area contributed by atoms with E-state index in [9.17, 15) is 13.2 Å². The average molecular weight is 425 g/mol. The fourth-order valence-corrected chi connectivity index (χ4v) is 5.01. The van der Waals surface area contributed by atoms with Crippen molar-refractivity contribution in [1.29, 1.82) is 0 Å². The van der Waals surface area contributed by atoms with Crippen LogP contribution < -0.4 is 5.32 Å². The maximum absolute atomic E-state index is 12.9. The van der Waals surface area contributed by atoms with Gasteiger partial charge in [-0.1, -0.05) is 19.1 Å². The summed E-state index contributed by atoms with van der Waals surface area (Å²) in [7, 11) is -3.53. The minimum absolute atomic E-state index is 0.213. The Morgan fingerprint density at radius 1 is 1.03 bits per heavy atom. The summed E-state index contributed by atoms with van der Waals surface area (Å²) < 4.78 is 28.9. The number of carbonyl (C=O) groups is 1. The molecule has 1 N–H and O–H groups in total. The molecule has 30 heavy (non-hydrogen) atoms. The molecule has 2 heterocycles. The predicted molar refractivity (Wildman–Crippen MR) is 115 cm³/mol. The van der Waals surface area contributed by atoms with E-state index in [-0.39, 0.29) is 10.8 Å². The second-order valence-electron chi connectivity index (χ2n) is 7.53. The van der Waals surface area contributed by atoms with E-state index in [1.54, 1.807) is 41.3 Å². The van der Waals surface area contributed by atoms with Gasteiger partial charge in [-0.05, 0) is 61.2 Å². The minimum atomic E-state index is -3.53. The second kappa shape index (κ2) is 8.41. The summed E-state index contributed by atoms with van der Waals surface area (Å²) in [6, 6.07) is 15.3. The maximum atomic E-state index is 12.9. The molecule has 2 aromatic carbocycles. The number of piperidine rings is 1. The zero-order chi connectivity index (χ0) is 21.1. The summed E-state index contributed by atoms with van der Waals surface area (Å²) in [6.45, 7) is 3.22. The summed E-state index contributed by atoms with van der Waals surface area (Å²) in [5.41, 5.74) is 1.75. The Morgan fingerprint density at radius 3 is 2.40 bits per heavy atom. The van der Waals surface area contributed by atoms with E-state index in [1.807, 2.05) is 18.2 Å². The first-order chi connectivity index (χ1) is 14.4. The molecule has 0 atom stereocenters. The molecule has 0 spiro atoms. The van der Waals surface area contributed by atoms with Crippen molar-refractivity contribution in [1.82, 2.24) is 14.1 Å². The Bertz CT molecular complexity index is 1120. The van der Waals surface area contributed by atoms with Crippen molar-refractivity contribution in [3.05, 3.63) is 72.6 Å². The van der Waals surface area contributed by atoms with Crippen LogP contribution >= 0.6 is 0 Å². The number of sulfonamides is 1. The fraction of sp³-hybridized carbons (Fsp3) is 0.273. The number of para-hydroxylation sites is 2. The third-order valence-electron chi connectivity index (χ3n) is 5.40. The van der Waals surface area contributed by atoms with Gasteiger partial charge in [-0.3, -0.25) is 4.79 Å². The molecule has 0 unspecified atom stereocenters. The van der Waals surface area contributed by atoms with Gasteiger partial charge in [-0.2, -0.15) is 9.40 Å². The van der Waals surface area contributed by atoms with Crippen LogP contribution in [0.1, 0.15) is 30.1 Å². The van der Waals surface area contributed by atoms with Crippen molar-refractivity contribution < 1.29 is 13.2 Å². The normalized spacial score (nSPS) is 15.8. The van der Waals surface area contributed by atoms with E-state index < -0.39 is 10.0 Å². The molecule has 1 aromatic heterocycles. The first kappa shape index (κ1) is 20.3. The van der Waals surface area contributed by atoms with Gasteiger partial charge in [0.25, 0.3) is 5.91 Å². The van der Waals surface area contributed by atoms with Crippen LogP contribution in [-0.4, -0.2) is 41.5 Å². The lowest BCUT2D eigenvalue weighted by Gasteiger charge is -2.29. The number of hydrogen-bond acceptors (Lipinski definition) is 4. The number of nitrogens with zero attached hydrogens (tertiary/aromatic N) is 3. The van der Waals surface area contributed by atoms with Gasteiger partial charge in [0.05, 0.1) is 16.3 Å². The van der Waals surface area contributed by atoms with E-state index in [1.165, 1.54) is 16.4 Å². The molecule has 3 aromatic rings. The zero-order valence-electron chi connectivity index (χ0n) is 16.7. The summed E-state index contributed by atoms with van der Waals surface area (Å²) in [5.74, 6) is 0.234. The number of anilines is 1. The van der Waals surface area contributed by atoms with E-state index >= 15 is 0 Å². The number of hydrogen-bond donors (Lipinski definition) is 1. The minimum Gasteiger partial charge on any atom is -0.320 e. The van der Waals surface area contributed by atoms with Crippen LogP contribution in [0.2, 0.25) is 0 Å². The highest BCUT2D eigenvalue weighted by atomic mass is 32.2. The molecule has 1 amide bonds. The monoisotopic (exact) mass is 424 g/mol. The zero-order valence-corrected chi connectivity index (χ0v) is 17.5. The van der Waals surface area contributed by atoms with Crippen LogP contribution in [0.15, 0.2) is 71.9 Å². The predicted octanol–water partition coefficient (Wildman–Crippen LogP) is 3.55. The highest BCUT2D eigenvalue weighted by Gasteiger charge is 2.28. The molecular weight excluding hydrogens is 400 g/mol. The van der Waals surface area contributed by atoms with E-state index in [4.69, 9.17) is 0 Å². The molecule has 156 valence electrons. The van der Waals surface area contributed by atoms with Gasteiger partial charge in [0, 0.05) is 31.0 Å². The number of carbonyl (C=O) groups excluding carboxylic acids is 1. The molecule has 1 fully saturated rings. The Morgan fingerprint density at radius 2 is 1.73 bits per heavy atom. The van der Waals surface area contributed by atoms with Crippen LogP contribution in [0.5, 0.6) is 0 Å². The van der Waals surface area contributed by atoms with Gasteiger partial charge in [-0.15, -0.1) is 0 Å². The van der Waals surface area contributed by atoms with Crippen molar-refractivity contribution in [3.63, 3.8) is 0 Å². The fourth-order valence-electron chi connectivity index (χ4n) is 3.54. The van der Waals surface area contributed by atoms with Crippen molar-refractivity contribution in [2.24, 2.45) is 5.92 Å². The van der Waals surface area contributed by atoms with E-state index in [0.717, 1.165) is 18.5 Å². The lowest BCUT2D eigenvalue weighted by atomic mass is 10.0. The molecule has 0 aliphatic carbocycles. The summed E-state index contributed by atoms with van der Waals surface area (Å²) >= 11 is 0. The third kappa shape index (κ3) is 4.15. The van der Waals surface area contributed by atoms with Crippen LogP contribution in [0.25, 0.3) is 5.69 Å². The SMILES string of the molecule is CC1CCN(S(=O)(=O)c2ccc(C(=O)Nc3ccccc3-n3cccn3)cc2)CC1. The number of benzene rings is 2. The van der Waals surface area contributed by atoms with Gasteiger partial charge < -0.3 is 5.32 Å². The van der Waals surface area contributed by atoms with Gasteiger partial charge in [-0.25, -0.2) is 13.1 Å². The van der Waals surface area contributed by atoms with Gasteiger partial charge >= 0.3 is 0 Å². The average Bonchev–Trinajstić information content (AvgIpc) is 3.29. The van der Waals surface area contributed by atoms with Crippen LogP contribution in [-0.2, 0) is 10.0 Å². The molecule has 7 nitrogen and oxygen atoms in total. The van der Waals surface area contributed by atoms with Crippen LogP contribution in [0.3, 0.4) is 0 Å². The van der Waals surface area contributed by atoms with Gasteiger partial charge in [0.2, 0.25) is 10.0 Å². The number of aromatic nitrogens is 2. The molecule has 0 radical (unpaired) electrons. The standard InChI is InChI=1S/C22H24N4O3S/c1-17-11-15-25(16-12-17)30(28,29)19-9-7-18(8-10-19)22(27)24-20-5-2-3-6-21(20)26-14-4-13-23-26/h2-10,13-14,17H,11-12,15-16H2,1H3,(H,24,27). The number of amides is 1. The highest BCUT2D eigenvalue weighted by molar-refractivity contribution is 7.89. The smallest absolute Gasteiger partial charge is 0.255 e. The Balaban J connectivity index is 1.51. The van der Waals surface area contributed by atoms with Gasteiger partial charge in [0.1, 0.15) is 0 Å². The molecule has 0 saturated carbocycles. The van der Waals surface area contributed by atoms with Crippen LogP contribution in [0, 0.1) is 5.92 Å². The summed E-state index contributed by atoms with van der Waals surface area (Å²) in [5, 5.41) is 7.09. The van der Waals surface area contributed by atoms with Crippen molar-refractivity contribution in [3.8, 4) is 5.69 Å². The van der Waals surface area contributed by atoms with Crippen LogP contribution in [0.4, 0.5) is 5.69 Å². The van der Waals surface area contributed by atoms with Crippen molar-refractivity contribution in [2.75, 3.05) is 18.4 Å². The Hall–Kier alpha value is -2.97. The summed E-state index contributed by atoms with van der Waals surface area (Å²) in [6.07, 6.45) is 5.21. The molecule has 1 aliphatic rings. The molecule has 8 heteroatoms. The largest absolute Gasteiger partial charge is 0.320 e. The van der Waals surface area contributed by atoms with E-state index in [2.05, 4.69) is 17.3 Å². The first-order valence-corrected chi connectivity index (χ1v) is 11.4. The molecule has 1 saturated heterocycles. The van der Waals surface area contributed by atoms with E-state index in [0.29, 0.717) is 30.3 Å². The summed E-state index contributed by atoms with van der Waals surface area (Å²) in [4.78, 5) is 12.9. The molecule has 4 rings (SSSR count). The third-order valence-corrected chi connectivity index (χ3v) is 7.31. The molecule has 1 aliphatic heterocycles. The Kier molecular flexibility index (Phi) is 5.69. The topological polar surface area (TPSA) is 84.3 Å². The lowest BCUT2D eigenvalue weighted by Crippen LogP contribution is -2.37. The second-order valence-corrected chi connectivity index (χ2v) is 9.47. The lowest BCUT2D eigenvalue weighted by molar-refractivity contribution is 0.102. The Labute approximate surface area is 176 Å². The highest BCUT2D eigenvalue weighted by Crippen LogP contribution is 2.24. The molecular formula is C22H24N4O3S. The number of rotatable bonds is 5. The van der Waals surface area contributed by atoms with Gasteiger partial charge in [0.15, 0.2) is 0 Å². The molecule has 0 bridgehead atoms. The number of nitrogens with one attached hydrogen (secondary N) is 1. The first-order valence-electron chi connectivity index (χ1n) is 9.96. The van der Waals surface area contributed by atoms with Crippen molar-refractivity contribution in [2.45, 2.75) is 24.7 Å². The maximum Gasteiger partial charge on any atom is 0.255 e. The quantitative estimate of drug-likeness (QED) is 0.679.